The monoisotopic (exact) mass is 306 g/mol. The summed E-state index contributed by atoms with van der Waals surface area (Å²) in [5.74, 6) is -1.27. The molecule has 2 aromatic rings. The molecule has 0 bridgehead atoms. The molecule has 9 heteroatoms. The van der Waals surface area contributed by atoms with Crippen molar-refractivity contribution in [3.8, 4) is 0 Å². The first-order chi connectivity index (χ1) is 9.97. The predicted octanol–water partition coefficient (Wildman–Crippen LogP) is 0.770. The summed E-state index contributed by atoms with van der Waals surface area (Å²) in [5, 5.41) is 15.6. The second-order valence-electron chi connectivity index (χ2n) is 3.82. The molecule has 0 spiro atoms. The van der Waals surface area contributed by atoms with E-state index in [0.717, 1.165) is 6.08 Å². The molecule has 1 aromatic carbocycles. The molecule has 0 amide bonds. The van der Waals surface area contributed by atoms with Crippen molar-refractivity contribution in [2.45, 2.75) is 4.90 Å². The SMILES string of the molecule is O=C(O)/C=C/c1cccc(S(=O)(=O)Nc2nccnn2)c1. The number of hydrogen-bond acceptors (Lipinski definition) is 6. The summed E-state index contributed by atoms with van der Waals surface area (Å²) in [6.45, 7) is 0. The van der Waals surface area contributed by atoms with Gasteiger partial charge >= 0.3 is 5.97 Å². The number of sulfonamides is 1. The third-order valence-corrected chi connectivity index (χ3v) is 3.62. The highest BCUT2D eigenvalue weighted by Crippen LogP contribution is 2.15. The molecule has 0 aliphatic heterocycles. The normalized spacial score (nSPS) is 11.4. The van der Waals surface area contributed by atoms with Gasteiger partial charge in [-0.2, -0.15) is 5.10 Å². The Balaban J connectivity index is 2.28. The molecule has 0 unspecified atom stereocenters. The zero-order chi connectivity index (χ0) is 15.3. The molecule has 108 valence electrons. The van der Waals surface area contributed by atoms with E-state index in [9.17, 15) is 13.2 Å². The van der Waals surface area contributed by atoms with Crippen LogP contribution in [-0.4, -0.2) is 34.7 Å². The number of nitrogens with one attached hydrogen (secondary N) is 1. The van der Waals surface area contributed by atoms with Crippen LogP contribution in [0.2, 0.25) is 0 Å². The Morgan fingerprint density at radius 1 is 1.29 bits per heavy atom. The zero-order valence-corrected chi connectivity index (χ0v) is 11.4. The fraction of sp³-hybridized carbons (Fsp3) is 0. The number of benzene rings is 1. The quantitative estimate of drug-likeness (QED) is 0.782. The van der Waals surface area contributed by atoms with Gasteiger partial charge in [-0.1, -0.05) is 12.1 Å². The van der Waals surface area contributed by atoms with Crippen LogP contribution < -0.4 is 4.72 Å². The van der Waals surface area contributed by atoms with Crippen LogP contribution in [0, 0.1) is 0 Å². The molecule has 2 N–H and O–H groups in total. The molecule has 0 atom stereocenters. The van der Waals surface area contributed by atoms with Gasteiger partial charge in [-0.15, -0.1) is 5.10 Å². The number of carboxylic acid groups (broad SMARTS) is 1. The van der Waals surface area contributed by atoms with Crippen molar-refractivity contribution >= 4 is 28.0 Å². The van der Waals surface area contributed by atoms with Crippen LogP contribution in [0.25, 0.3) is 6.08 Å². The van der Waals surface area contributed by atoms with Crippen molar-refractivity contribution in [3.63, 3.8) is 0 Å². The molecular formula is C12H10N4O4S. The van der Waals surface area contributed by atoms with E-state index < -0.39 is 16.0 Å². The molecule has 0 radical (unpaired) electrons. The van der Waals surface area contributed by atoms with Crippen LogP contribution in [0.1, 0.15) is 5.56 Å². The Kier molecular flexibility index (Phi) is 4.24. The maximum atomic E-state index is 12.1. The minimum atomic E-state index is -3.87. The van der Waals surface area contributed by atoms with Gasteiger partial charge in [-0.25, -0.2) is 22.9 Å². The van der Waals surface area contributed by atoms with Crippen molar-refractivity contribution in [2.24, 2.45) is 0 Å². The molecular weight excluding hydrogens is 296 g/mol. The molecule has 1 aromatic heterocycles. The smallest absolute Gasteiger partial charge is 0.328 e. The Hall–Kier alpha value is -2.81. The second-order valence-corrected chi connectivity index (χ2v) is 5.50. The number of nitrogens with zero attached hydrogens (tertiary/aromatic N) is 3. The first-order valence-corrected chi connectivity index (χ1v) is 7.13. The van der Waals surface area contributed by atoms with E-state index in [-0.39, 0.29) is 10.8 Å². The maximum absolute atomic E-state index is 12.1. The van der Waals surface area contributed by atoms with Crippen molar-refractivity contribution < 1.29 is 18.3 Å². The first-order valence-electron chi connectivity index (χ1n) is 5.65. The predicted molar refractivity (Wildman–Crippen MR) is 73.7 cm³/mol. The molecule has 1 heterocycles. The molecule has 21 heavy (non-hydrogen) atoms. The van der Waals surface area contributed by atoms with Gasteiger partial charge in [0.05, 0.1) is 17.3 Å². The third-order valence-electron chi connectivity index (χ3n) is 2.30. The van der Waals surface area contributed by atoms with Gasteiger partial charge in [-0.3, -0.25) is 0 Å². The molecule has 0 aliphatic carbocycles. The summed E-state index contributed by atoms with van der Waals surface area (Å²) in [6, 6.07) is 5.79. The Bertz CT molecular complexity index is 775. The molecule has 0 aliphatic rings. The van der Waals surface area contributed by atoms with Crippen LogP contribution in [0.15, 0.2) is 47.6 Å². The van der Waals surface area contributed by atoms with E-state index in [1.54, 1.807) is 6.07 Å². The summed E-state index contributed by atoms with van der Waals surface area (Å²) in [4.78, 5) is 14.1. The van der Waals surface area contributed by atoms with E-state index >= 15 is 0 Å². The van der Waals surface area contributed by atoms with Gasteiger partial charge in [-0.05, 0) is 23.8 Å². The largest absolute Gasteiger partial charge is 0.478 e. The van der Waals surface area contributed by atoms with Gasteiger partial charge in [0.25, 0.3) is 16.0 Å². The molecule has 8 nitrogen and oxygen atoms in total. The van der Waals surface area contributed by atoms with Crippen molar-refractivity contribution in [3.05, 3.63) is 48.3 Å². The standard InChI is InChI=1S/C12H10N4O4S/c17-11(18)5-4-9-2-1-3-10(8-9)21(19,20)16-12-13-6-7-14-15-12/h1-8H,(H,17,18)(H,13,15,16)/b5-4+. The van der Waals surface area contributed by atoms with Crippen LogP contribution in [0.3, 0.4) is 0 Å². The summed E-state index contributed by atoms with van der Waals surface area (Å²) in [5.41, 5.74) is 0.437. The van der Waals surface area contributed by atoms with Crippen LogP contribution in [0.5, 0.6) is 0 Å². The minimum absolute atomic E-state index is 0.0394. The average molecular weight is 306 g/mol. The second kappa shape index (κ2) is 6.09. The number of carbonyl (C=O) groups is 1. The van der Waals surface area contributed by atoms with Crippen LogP contribution in [-0.2, 0) is 14.8 Å². The summed E-state index contributed by atoms with van der Waals surface area (Å²) < 4.78 is 26.4. The zero-order valence-electron chi connectivity index (χ0n) is 10.5. The lowest BCUT2D eigenvalue weighted by atomic mass is 10.2. The summed E-state index contributed by atoms with van der Waals surface area (Å²) >= 11 is 0. The lowest BCUT2D eigenvalue weighted by molar-refractivity contribution is -0.131. The van der Waals surface area contributed by atoms with Gasteiger partial charge in [0, 0.05) is 6.08 Å². The van der Waals surface area contributed by atoms with E-state index in [1.807, 2.05) is 0 Å². The maximum Gasteiger partial charge on any atom is 0.328 e. The number of hydrogen-bond donors (Lipinski definition) is 2. The van der Waals surface area contributed by atoms with Gasteiger partial charge in [0.2, 0.25) is 0 Å². The van der Waals surface area contributed by atoms with Gasteiger partial charge < -0.3 is 5.11 Å². The average Bonchev–Trinajstić information content (AvgIpc) is 2.46. The van der Waals surface area contributed by atoms with Crippen LogP contribution in [0.4, 0.5) is 5.95 Å². The van der Waals surface area contributed by atoms with Crippen LogP contribution >= 0.6 is 0 Å². The topological polar surface area (TPSA) is 122 Å². The Labute approximate surface area is 120 Å². The Morgan fingerprint density at radius 2 is 2.10 bits per heavy atom. The van der Waals surface area contributed by atoms with E-state index in [0.29, 0.717) is 5.56 Å². The van der Waals surface area contributed by atoms with Crippen molar-refractivity contribution in [2.75, 3.05) is 4.72 Å². The highest BCUT2D eigenvalue weighted by atomic mass is 32.2. The highest BCUT2D eigenvalue weighted by molar-refractivity contribution is 7.92. The highest BCUT2D eigenvalue weighted by Gasteiger charge is 2.15. The number of rotatable bonds is 5. The van der Waals surface area contributed by atoms with Gasteiger partial charge in [0.15, 0.2) is 0 Å². The third kappa shape index (κ3) is 4.08. The molecule has 0 fully saturated rings. The Morgan fingerprint density at radius 3 is 2.76 bits per heavy atom. The molecule has 2 rings (SSSR count). The van der Waals surface area contributed by atoms with E-state index in [4.69, 9.17) is 5.11 Å². The lowest BCUT2D eigenvalue weighted by Crippen LogP contribution is -2.15. The van der Waals surface area contributed by atoms with Crippen molar-refractivity contribution in [1.29, 1.82) is 0 Å². The number of aliphatic carboxylic acids is 1. The van der Waals surface area contributed by atoms with Crippen molar-refractivity contribution in [1.82, 2.24) is 15.2 Å². The minimum Gasteiger partial charge on any atom is -0.478 e. The lowest BCUT2D eigenvalue weighted by Gasteiger charge is -2.06. The first kappa shape index (κ1) is 14.6. The fourth-order valence-electron chi connectivity index (χ4n) is 1.43. The van der Waals surface area contributed by atoms with Gasteiger partial charge in [0.1, 0.15) is 0 Å². The fourth-order valence-corrected chi connectivity index (χ4v) is 2.43. The van der Waals surface area contributed by atoms with E-state index in [2.05, 4.69) is 19.9 Å². The summed E-state index contributed by atoms with van der Waals surface area (Å²) in [6.07, 6.45) is 4.83. The number of carboxylic acids is 1. The summed E-state index contributed by atoms with van der Waals surface area (Å²) in [7, 11) is -3.87. The molecule has 0 saturated carbocycles. The van der Waals surface area contributed by atoms with E-state index in [1.165, 1.54) is 36.7 Å². The molecule has 0 saturated heterocycles. The number of anilines is 1. The number of aromatic nitrogens is 3.